The molecular formula is C9H10FNO4. The van der Waals surface area contributed by atoms with Gasteiger partial charge < -0.3 is 10.2 Å². The summed E-state index contributed by atoms with van der Waals surface area (Å²) in [5.41, 5.74) is -0.187. The first-order valence-corrected chi connectivity index (χ1v) is 4.24. The smallest absolute Gasteiger partial charge is 0.265 e. The molecule has 1 rings (SSSR count). The van der Waals surface area contributed by atoms with E-state index in [9.17, 15) is 19.6 Å². The normalized spacial score (nSPS) is 14.6. The molecule has 0 aliphatic rings. The Labute approximate surface area is 84.9 Å². The summed E-state index contributed by atoms with van der Waals surface area (Å²) in [5, 5.41) is 28.6. The molecule has 0 fully saturated rings. The lowest BCUT2D eigenvalue weighted by Crippen LogP contribution is -2.31. The summed E-state index contributed by atoms with van der Waals surface area (Å²) < 4.78 is 13.1. The molecule has 0 aliphatic carbocycles. The lowest BCUT2D eigenvalue weighted by atomic mass is 10.0. The highest BCUT2D eigenvalue weighted by Gasteiger charge is 2.31. The maximum absolute atomic E-state index is 13.1. The third-order valence-electron chi connectivity index (χ3n) is 2.05. The van der Waals surface area contributed by atoms with Gasteiger partial charge >= 0.3 is 0 Å². The number of rotatable bonds is 4. The van der Waals surface area contributed by atoms with E-state index in [1.165, 1.54) is 18.2 Å². The van der Waals surface area contributed by atoms with E-state index in [1.54, 1.807) is 0 Å². The fraction of sp³-hybridized carbons (Fsp3) is 0.333. The van der Waals surface area contributed by atoms with Crippen molar-refractivity contribution < 1.29 is 19.5 Å². The molecule has 15 heavy (non-hydrogen) atoms. The summed E-state index contributed by atoms with van der Waals surface area (Å²) in [6.07, 6.45) is -1.65. The second-order valence-electron chi connectivity index (χ2n) is 3.00. The van der Waals surface area contributed by atoms with Crippen LogP contribution in [-0.4, -0.2) is 27.8 Å². The molecule has 5 nitrogen and oxygen atoms in total. The van der Waals surface area contributed by atoms with Crippen LogP contribution in [0.25, 0.3) is 0 Å². The quantitative estimate of drug-likeness (QED) is 0.565. The largest absolute Gasteiger partial charge is 0.389 e. The summed E-state index contributed by atoms with van der Waals surface area (Å²) >= 11 is 0. The third-order valence-corrected chi connectivity index (χ3v) is 2.05. The standard InChI is InChI=1S/C9H10FNO4/c10-7-4-2-1-3-6(7)9(13)8(5-12)11(14)15/h1-4,8-9,12-13H,5H2/t8-,9-/m1/s1. The second-order valence-corrected chi connectivity index (χ2v) is 3.00. The molecule has 0 spiro atoms. The minimum absolute atomic E-state index is 0.187. The molecule has 0 amide bonds. The van der Waals surface area contributed by atoms with Crippen LogP contribution in [0.3, 0.4) is 0 Å². The Morgan fingerprint density at radius 3 is 2.53 bits per heavy atom. The van der Waals surface area contributed by atoms with Crippen LogP contribution in [0.15, 0.2) is 24.3 Å². The summed E-state index contributed by atoms with van der Waals surface area (Å²) in [7, 11) is 0. The molecule has 1 aromatic rings. The van der Waals surface area contributed by atoms with Gasteiger partial charge in [-0.15, -0.1) is 0 Å². The number of halogens is 1. The van der Waals surface area contributed by atoms with Crippen molar-refractivity contribution in [1.82, 2.24) is 0 Å². The molecule has 82 valence electrons. The number of aliphatic hydroxyl groups excluding tert-OH is 2. The van der Waals surface area contributed by atoms with Crippen molar-refractivity contribution in [3.05, 3.63) is 45.8 Å². The predicted octanol–water partition coefficient (Wildman–Crippen LogP) is 0.497. The van der Waals surface area contributed by atoms with Gasteiger partial charge in [0.2, 0.25) is 0 Å². The lowest BCUT2D eigenvalue weighted by Gasteiger charge is -2.14. The number of aliphatic hydroxyl groups is 2. The number of nitro groups is 1. The first-order valence-electron chi connectivity index (χ1n) is 4.24. The van der Waals surface area contributed by atoms with Gasteiger partial charge in [0.15, 0.2) is 6.10 Å². The van der Waals surface area contributed by atoms with Gasteiger partial charge in [0.1, 0.15) is 12.4 Å². The summed E-state index contributed by atoms with van der Waals surface area (Å²) in [4.78, 5) is 9.58. The van der Waals surface area contributed by atoms with Crippen LogP contribution in [0.5, 0.6) is 0 Å². The predicted molar refractivity (Wildman–Crippen MR) is 49.2 cm³/mol. The maximum Gasteiger partial charge on any atom is 0.265 e. The van der Waals surface area contributed by atoms with Crippen molar-refractivity contribution in [3.63, 3.8) is 0 Å². The number of hydrogen-bond acceptors (Lipinski definition) is 4. The molecule has 6 heteroatoms. The third kappa shape index (κ3) is 2.48. The minimum Gasteiger partial charge on any atom is -0.389 e. The topological polar surface area (TPSA) is 83.6 Å². The van der Waals surface area contributed by atoms with Crippen LogP contribution in [0.2, 0.25) is 0 Å². The monoisotopic (exact) mass is 215 g/mol. The molecular weight excluding hydrogens is 205 g/mol. The van der Waals surface area contributed by atoms with E-state index in [2.05, 4.69) is 0 Å². The summed E-state index contributed by atoms with van der Waals surface area (Å²) in [6, 6.07) is 3.59. The van der Waals surface area contributed by atoms with Crippen LogP contribution < -0.4 is 0 Å². The van der Waals surface area contributed by atoms with E-state index in [4.69, 9.17) is 5.11 Å². The number of benzene rings is 1. The van der Waals surface area contributed by atoms with E-state index in [1.807, 2.05) is 0 Å². The van der Waals surface area contributed by atoms with Gasteiger partial charge in [-0.3, -0.25) is 10.1 Å². The van der Waals surface area contributed by atoms with Crippen molar-refractivity contribution in [1.29, 1.82) is 0 Å². The van der Waals surface area contributed by atoms with Crippen molar-refractivity contribution in [3.8, 4) is 0 Å². The Morgan fingerprint density at radius 1 is 1.47 bits per heavy atom. The van der Waals surface area contributed by atoms with E-state index < -0.39 is 29.5 Å². The van der Waals surface area contributed by atoms with Gasteiger partial charge in [-0.2, -0.15) is 0 Å². The van der Waals surface area contributed by atoms with E-state index in [0.717, 1.165) is 6.07 Å². The molecule has 2 atom stereocenters. The summed E-state index contributed by atoms with van der Waals surface area (Å²) in [6.45, 7) is -0.845. The highest BCUT2D eigenvalue weighted by Crippen LogP contribution is 2.21. The Balaban J connectivity index is 2.97. The van der Waals surface area contributed by atoms with Crippen LogP contribution in [0, 0.1) is 15.9 Å². The van der Waals surface area contributed by atoms with Crippen LogP contribution in [-0.2, 0) is 0 Å². The average molecular weight is 215 g/mol. The fourth-order valence-corrected chi connectivity index (χ4v) is 1.20. The van der Waals surface area contributed by atoms with Crippen molar-refractivity contribution in [2.24, 2.45) is 0 Å². The molecule has 0 saturated heterocycles. The zero-order chi connectivity index (χ0) is 11.4. The van der Waals surface area contributed by atoms with E-state index in [-0.39, 0.29) is 5.56 Å². The molecule has 0 saturated carbocycles. The van der Waals surface area contributed by atoms with Crippen LogP contribution >= 0.6 is 0 Å². The highest BCUT2D eigenvalue weighted by molar-refractivity contribution is 5.20. The van der Waals surface area contributed by atoms with Gasteiger partial charge in [-0.25, -0.2) is 4.39 Å². The SMILES string of the molecule is O=[N+]([O-])[C@H](CO)[C@H](O)c1ccccc1F. The van der Waals surface area contributed by atoms with Gasteiger partial charge in [-0.1, -0.05) is 18.2 Å². The molecule has 0 radical (unpaired) electrons. The average Bonchev–Trinajstić information content (AvgIpc) is 2.18. The Morgan fingerprint density at radius 2 is 2.07 bits per heavy atom. The number of hydrogen-bond donors (Lipinski definition) is 2. The Kier molecular flexibility index (Phi) is 3.70. The number of nitrogens with zero attached hydrogens (tertiary/aromatic N) is 1. The lowest BCUT2D eigenvalue weighted by molar-refractivity contribution is -0.539. The maximum atomic E-state index is 13.1. The first kappa shape index (κ1) is 11.5. The van der Waals surface area contributed by atoms with E-state index >= 15 is 0 Å². The summed E-state index contributed by atoms with van der Waals surface area (Å²) in [5.74, 6) is -0.731. The molecule has 2 N–H and O–H groups in total. The van der Waals surface area contributed by atoms with Crippen LogP contribution in [0.1, 0.15) is 11.7 Å². The van der Waals surface area contributed by atoms with Crippen molar-refractivity contribution in [2.75, 3.05) is 6.61 Å². The Hall–Kier alpha value is -1.53. The molecule has 0 unspecified atom stereocenters. The first-order chi connectivity index (χ1) is 7.07. The molecule has 0 bridgehead atoms. The molecule has 0 aliphatic heterocycles. The zero-order valence-electron chi connectivity index (χ0n) is 7.71. The van der Waals surface area contributed by atoms with Gasteiger partial charge in [-0.05, 0) is 6.07 Å². The minimum atomic E-state index is -1.65. The van der Waals surface area contributed by atoms with Gasteiger partial charge in [0.25, 0.3) is 6.04 Å². The van der Waals surface area contributed by atoms with E-state index in [0.29, 0.717) is 0 Å². The fourth-order valence-electron chi connectivity index (χ4n) is 1.20. The highest BCUT2D eigenvalue weighted by atomic mass is 19.1. The molecule has 1 aromatic carbocycles. The van der Waals surface area contributed by atoms with Crippen molar-refractivity contribution in [2.45, 2.75) is 12.1 Å². The van der Waals surface area contributed by atoms with Crippen molar-refractivity contribution >= 4 is 0 Å². The van der Waals surface area contributed by atoms with Gasteiger partial charge in [0.05, 0.1) is 0 Å². The molecule has 0 heterocycles. The second kappa shape index (κ2) is 4.81. The Bertz CT molecular complexity index is 358. The zero-order valence-corrected chi connectivity index (χ0v) is 7.71. The van der Waals surface area contributed by atoms with Gasteiger partial charge in [0, 0.05) is 10.5 Å². The van der Waals surface area contributed by atoms with Crippen LogP contribution in [0.4, 0.5) is 4.39 Å². The molecule has 0 aromatic heterocycles.